The van der Waals surface area contributed by atoms with Crippen molar-refractivity contribution < 1.29 is 0 Å². The lowest BCUT2D eigenvalue weighted by Crippen LogP contribution is -2.30. The first-order valence-electron chi connectivity index (χ1n) is 7.94. The standard InChI is InChI=1S/C18H31N/c1-5-6-12-18(17-10-8-7-9-11-17)19-16(4)14-13-15(2)3/h7-11,15-16,18-19H,5-6,12-14H2,1-4H3. The van der Waals surface area contributed by atoms with Crippen LogP contribution in [0.15, 0.2) is 30.3 Å². The van der Waals surface area contributed by atoms with Crippen molar-refractivity contribution in [3.8, 4) is 0 Å². The second-order valence-corrected chi connectivity index (χ2v) is 6.14. The van der Waals surface area contributed by atoms with Crippen LogP contribution < -0.4 is 5.32 Å². The van der Waals surface area contributed by atoms with Gasteiger partial charge in [0, 0.05) is 12.1 Å². The van der Waals surface area contributed by atoms with E-state index in [0.717, 1.165) is 5.92 Å². The molecular formula is C18H31N. The first kappa shape index (κ1) is 16.2. The Morgan fingerprint density at radius 1 is 0.947 bits per heavy atom. The topological polar surface area (TPSA) is 12.0 Å². The summed E-state index contributed by atoms with van der Waals surface area (Å²) in [5, 5.41) is 3.82. The average Bonchev–Trinajstić information content (AvgIpc) is 2.42. The van der Waals surface area contributed by atoms with Gasteiger partial charge >= 0.3 is 0 Å². The van der Waals surface area contributed by atoms with Gasteiger partial charge in [0.2, 0.25) is 0 Å². The Hall–Kier alpha value is -0.820. The quantitative estimate of drug-likeness (QED) is 0.633. The molecule has 0 amide bonds. The minimum absolute atomic E-state index is 0.517. The largest absolute Gasteiger partial charge is 0.307 e. The molecule has 2 unspecified atom stereocenters. The minimum atomic E-state index is 0.517. The average molecular weight is 261 g/mol. The van der Waals surface area contributed by atoms with Gasteiger partial charge in [-0.05, 0) is 37.7 Å². The fourth-order valence-electron chi connectivity index (χ4n) is 2.45. The molecule has 0 aliphatic carbocycles. The van der Waals surface area contributed by atoms with Crippen LogP contribution >= 0.6 is 0 Å². The molecule has 1 aromatic carbocycles. The van der Waals surface area contributed by atoms with Crippen LogP contribution in [0.3, 0.4) is 0 Å². The van der Waals surface area contributed by atoms with Crippen molar-refractivity contribution in [3.63, 3.8) is 0 Å². The summed E-state index contributed by atoms with van der Waals surface area (Å²) in [7, 11) is 0. The molecule has 1 aromatic rings. The van der Waals surface area contributed by atoms with Gasteiger partial charge in [-0.15, -0.1) is 0 Å². The molecule has 19 heavy (non-hydrogen) atoms. The summed E-state index contributed by atoms with van der Waals surface area (Å²) < 4.78 is 0. The smallest absolute Gasteiger partial charge is 0.0322 e. The monoisotopic (exact) mass is 261 g/mol. The van der Waals surface area contributed by atoms with E-state index in [9.17, 15) is 0 Å². The predicted molar refractivity (Wildman–Crippen MR) is 85.4 cm³/mol. The molecule has 0 aliphatic heterocycles. The van der Waals surface area contributed by atoms with Crippen LogP contribution in [0.4, 0.5) is 0 Å². The molecule has 0 fully saturated rings. The summed E-state index contributed by atoms with van der Waals surface area (Å²) in [5.74, 6) is 0.801. The number of rotatable bonds is 9. The highest BCUT2D eigenvalue weighted by molar-refractivity contribution is 5.18. The van der Waals surface area contributed by atoms with Crippen molar-refractivity contribution in [2.24, 2.45) is 5.92 Å². The lowest BCUT2D eigenvalue weighted by atomic mass is 9.98. The zero-order valence-corrected chi connectivity index (χ0v) is 13.2. The van der Waals surface area contributed by atoms with E-state index in [1.54, 1.807) is 0 Å². The van der Waals surface area contributed by atoms with Crippen molar-refractivity contribution in [2.75, 3.05) is 0 Å². The molecule has 0 aliphatic rings. The van der Waals surface area contributed by atoms with E-state index in [4.69, 9.17) is 0 Å². The summed E-state index contributed by atoms with van der Waals surface area (Å²) in [6.07, 6.45) is 6.39. The number of nitrogens with one attached hydrogen (secondary N) is 1. The van der Waals surface area contributed by atoms with E-state index in [-0.39, 0.29) is 0 Å². The van der Waals surface area contributed by atoms with Gasteiger partial charge in [-0.1, -0.05) is 63.9 Å². The van der Waals surface area contributed by atoms with Gasteiger partial charge < -0.3 is 5.32 Å². The summed E-state index contributed by atoms with van der Waals surface area (Å²) in [5.41, 5.74) is 1.44. The molecule has 1 nitrogen and oxygen atoms in total. The Morgan fingerprint density at radius 3 is 2.21 bits per heavy atom. The van der Waals surface area contributed by atoms with E-state index >= 15 is 0 Å². The van der Waals surface area contributed by atoms with E-state index in [0.29, 0.717) is 12.1 Å². The molecular weight excluding hydrogens is 230 g/mol. The molecule has 2 atom stereocenters. The molecule has 0 bridgehead atoms. The van der Waals surface area contributed by atoms with Gasteiger partial charge in [-0.25, -0.2) is 0 Å². The minimum Gasteiger partial charge on any atom is -0.307 e. The third-order valence-corrected chi connectivity index (χ3v) is 3.71. The van der Waals surface area contributed by atoms with E-state index < -0.39 is 0 Å². The summed E-state index contributed by atoms with van der Waals surface area (Å²) in [6.45, 7) is 9.20. The van der Waals surface area contributed by atoms with Crippen molar-refractivity contribution in [3.05, 3.63) is 35.9 Å². The maximum atomic E-state index is 3.82. The van der Waals surface area contributed by atoms with Gasteiger partial charge in [0.15, 0.2) is 0 Å². The molecule has 1 N–H and O–H groups in total. The predicted octanol–water partition coefficient (Wildman–Crippen LogP) is 5.33. The Labute approximate surface area is 119 Å². The Morgan fingerprint density at radius 2 is 1.63 bits per heavy atom. The molecule has 0 aromatic heterocycles. The zero-order valence-electron chi connectivity index (χ0n) is 13.2. The van der Waals surface area contributed by atoms with Crippen LogP contribution in [0.1, 0.15) is 71.4 Å². The Kier molecular flexibility index (Phi) is 7.81. The van der Waals surface area contributed by atoms with Gasteiger partial charge in [-0.3, -0.25) is 0 Å². The molecule has 0 saturated heterocycles. The highest BCUT2D eigenvalue weighted by atomic mass is 14.9. The molecule has 1 rings (SSSR count). The summed E-state index contributed by atoms with van der Waals surface area (Å²) in [6, 6.07) is 12.0. The second-order valence-electron chi connectivity index (χ2n) is 6.14. The number of unbranched alkanes of at least 4 members (excludes halogenated alkanes) is 1. The number of benzene rings is 1. The van der Waals surface area contributed by atoms with Crippen molar-refractivity contribution in [1.82, 2.24) is 5.32 Å². The third kappa shape index (κ3) is 6.77. The van der Waals surface area contributed by atoms with Gasteiger partial charge in [0.1, 0.15) is 0 Å². The molecule has 0 spiro atoms. The van der Waals surface area contributed by atoms with E-state index in [1.165, 1.54) is 37.7 Å². The molecule has 108 valence electrons. The first-order chi connectivity index (χ1) is 9.13. The Balaban J connectivity index is 2.54. The maximum Gasteiger partial charge on any atom is 0.0322 e. The lowest BCUT2D eigenvalue weighted by Gasteiger charge is -2.24. The number of hydrogen-bond acceptors (Lipinski definition) is 1. The van der Waals surface area contributed by atoms with Crippen molar-refractivity contribution >= 4 is 0 Å². The van der Waals surface area contributed by atoms with Crippen molar-refractivity contribution in [2.45, 2.75) is 71.9 Å². The second kappa shape index (κ2) is 9.14. The summed E-state index contributed by atoms with van der Waals surface area (Å²) >= 11 is 0. The highest BCUT2D eigenvalue weighted by Gasteiger charge is 2.13. The van der Waals surface area contributed by atoms with Crippen molar-refractivity contribution in [1.29, 1.82) is 0 Å². The number of hydrogen-bond donors (Lipinski definition) is 1. The third-order valence-electron chi connectivity index (χ3n) is 3.71. The van der Waals surface area contributed by atoms with Crippen LogP contribution in [-0.4, -0.2) is 6.04 Å². The zero-order chi connectivity index (χ0) is 14.1. The lowest BCUT2D eigenvalue weighted by molar-refractivity contribution is 0.385. The molecule has 0 heterocycles. The van der Waals surface area contributed by atoms with Gasteiger partial charge in [0.05, 0.1) is 0 Å². The fraction of sp³-hybridized carbons (Fsp3) is 0.667. The van der Waals surface area contributed by atoms with Gasteiger partial charge in [0.25, 0.3) is 0 Å². The van der Waals surface area contributed by atoms with Gasteiger partial charge in [-0.2, -0.15) is 0 Å². The SMILES string of the molecule is CCCCC(NC(C)CCC(C)C)c1ccccc1. The molecule has 0 saturated carbocycles. The van der Waals surface area contributed by atoms with Crippen LogP contribution in [-0.2, 0) is 0 Å². The normalized spacial score (nSPS) is 14.6. The van der Waals surface area contributed by atoms with E-state index in [1.807, 2.05) is 0 Å². The maximum absolute atomic E-state index is 3.82. The first-order valence-corrected chi connectivity index (χ1v) is 7.94. The van der Waals surface area contributed by atoms with Crippen LogP contribution in [0, 0.1) is 5.92 Å². The van der Waals surface area contributed by atoms with E-state index in [2.05, 4.69) is 63.3 Å². The fourth-order valence-corrected chi connectivity index (χ4v) is 2.45. The van der Waals surface area contributed by atoms with Crippen LogP contribution in [0.5, 0.6) is 0 Å². The highest BCUT2D eigenvalue weighted by Crippen LogP contribution is 2.21. The summed E-state index contributed by atoms with van der Waals surface area (Å²) in [4.78, 5) is 0. The van der Waals surface area contributed by atoms with Crippen LogP contribution in [0.2, 0.25) is 0 Å². The molecule has 1 heteroatoms. The Bertz CT molecular complexity index is 318. The van der Waals surface area contributed by atoms with Crippen LogP contribution in [0.25, 0.3) is 0 Å². The molecule has 0 radical (unpaired) electrons.